The summed E-state index contributed by atoms with van der Waals surface area (Å²) in [6.45, 7) is 4.27. The van der Waals surface area contributed by atoms with E-state index in [9.17, 15) is 14.0 Å². The second-order valence-corrected chi connectivity index (χ2v) is 7.42. The van der Waals surface area contributed by atoms with Crippen LogP contribution in [0.15, 0.2) is 53.6 Å². The highest BCUT2D eigenvalue weighted by Gasteiger charge is 2.37. The molecule has 8 nitrogen and oxygen atoms in total. The Morgan fingerprint density at radius 1 is 1.19 bits per heavy atom. The van der Waals surface area contributed by atoms with Crippen LogP contribution in [0.4, 0.5) is 21.5 Å². The monoisotopic (exact) mass is 440 g/mol. The number of para-hydroxylation sites is 1. The predicted octanol–water partition coefficient (Wildman–Crippen LogP) is 2.80. The number of esters is 1. The molecule has 4 rings (SSSR count). The summed E-state index contributed by atoms with van der Waals surface area (Å²) < 4.78 is 25.1. The molecule has 1 atom stereocenters. The zero-order chi connectivity index (χ0) is 22.5. The number of nitrogens with one attached hydrogen (secondary N) is 1. The number of hydrazone groups is 1. The number of carbonyl (C=O) groups is 2. The number of amides is 1. The first-order valence-corrected chi connectivity index (χ1v) is 10.6. The lowest BCUT2D eigenvalue weighted by atomic mass is 10.1. The molecule has 1 N–H and O–H groups in total. The third kappa shape index (κ3) is 4.72. The van der Waals surface area contributed by atoms with Crippen molar-refractivity contribution < 1.29 is 23.5 Å². The van der Waals surface area contributed by atoms with Crippen molar-refractivity contribution >= 4 is 34.7 Å². The molecule has 0 spiro atoms. The highest BCUT2D eigenvalue weighted by atomic mass is 19.1. The molecule has 2 aromatic rings. The van der Waals surface area contributed by atoms with Crippen LogP contribution >= 0.6 is 0 Å². The van der Waals surface area contributed by atoms with E-state index < -0.39 is 23.7 Å². The Hall–Kier alpha value is -3.46. The fourth-order valence-corrected chi connectivity index (χ4v) is 3.74. The Morgan fingerprint density at radius 3 is 2.62 bits per heavy atom. The number of ether oxygens (including phenoxy) is 2. The molecule has 1 amide bonds. The third-order valence-electron chi connectivity index (χ3n) is 5.31. The van der Waals surface area contributed by atoms with E-state index in [-0.39, 0.29) is 18.7 Å². The van der Waals surface area contributed by atoms with E-state index in [0.717, 1.165) is 0 Å². The Balaban J connectivity index is 1.51. The van der Waals surface area contributed by atoms with Crippen molar-refractivity contribution in [2.45, 2.75) is 19.4 Å². The molecule has 0 saturated carbocycles. The summed E-state index contributed by atoms with van der Waals surface area (Å²) in [5.74, 6) is -1.36. The minimum atomic E-state index is -0.765. The van der Waals surface area contributed by atoms with Gasteiger partial charge in [0, 0.05) is 25.2 Å². The molecule has 1 unspecified atom stereocenters. The summed E-state index contributed by atoms with van der Waals surface area (Å²) in [4.78, 5) is 27.2. The Bertz CT molecular complexity index is 1010. The molecular formula is C23H25FN4O4. The number of benzene rings is 2. The van der Waals surface area contributed by atoms with Crippen molar-refractivity contribution in [2.75, 3.05) is 48.1 Å². The molecule has 9 heteroatoms. The molecule has 2 aliphatic heterocycles. The van der Waals surface area contributed by atoms with E-state index in [1.807, 2.05) is 23.1 Å². The summed E-state index contributed by atoms with van der Waals surface area (Å²) in [5, 5.41) is 8.59. The summed E-state index contributed by atoms with van der Waals surface area (Å²) in [6, 6.07) is 13.0. The maximum Gasteiger partial charge on any atom is 0.354 e. The van der Waals surface area contributed by atoms with E-state index in [0.29, 0.717) is 43.4 Å². The van der Waals surface area contributed by atoms with Gasteiger partial charge in [0.25, 0.3) is 0 Å². The number of halogens is 1. The van der Waals surface area contributed by atoms with Crippen molar-refractivity contribution in [1.29, 1.82) is 0 Å². The number of rotatable bonds is 6. The van der Waals surface area contributed by atoms with Gasteiger partial charge < -0.3 is 19.7 Å². The standard InChI is InChI=1S/C23H25FN4O4/c1-2-32-23(30)19-15-21(28(26-19)17-6-4-3-5-7-17)22(29)25-16-8-9-20(18(24)14-16)27-10-12-31-13-11-27/h3-9,14,21H,2,10-13,15H2,1H3,(H,25,29). The lowest BCUT2D eigenvalue weighted by Gasteiger charge is -2.29. The maximum atomic E-state index is 14.7. The average molecular weight is 440 g/mol. The van der Waals surface area contributed by atoms with Gasteiger partial charge in [-0.15, -0.1) is 0 Å². The minimum Gasteiger partial charge on any atom is -0.461 e. The van der Waals surface area contributed by atoms with Crippen LogP contribution in [0.2, 0.25) is 0 Å². The van der Waals surface area contributed by atoms with Crippen LogP contribution in [0.5, 0.6) is 0 Å². The van der Waals surface area contributed by atoms with Gasteiger partial charge in [-0.3, -0.25) is 9.80 Å². The summed E-state index contributed by atoms with van der Waals surface area (Å²) in [6.07, 6.45) is 0.0912. The zero-order valence-electron chi connectivity index (χ0n) is 17.8. The first-order valence-electron chi connectivity index (χ1n) is 10.6. The fourth-order valence-electron chi connectivity index (χ4n) is 3.74. The van der Waals surface area contributed by atoms with Crippen molar-refractivity contribution in [1.82, 2.24) is 0 Å². The van der Waals surface area contributed by atoms with Gasteiger partial charge in [-0.1, -0.05) is 18.2 Å². The van der Waals surface area contributed by atoms with Crippen molar-refractivity contribution in [3.8, 4) is 0 Å². The Morgan fingerprint density at radius 2 is 1.94 bits per heavy atom. The number of carbonyl (C=O) groups excluding carboxylic acids is 2. The third-order valence-corrected chi connectivity index (χ3v) is 5.31. The molecule has 168 valence electrons. The van der Waals surface area contributed by atoms with Gasteiger partial charge in [-0.25, -0.2) is 9.18 Å². The predicted molar refractivity (Wildman–Crippen MR) is 119 cm³/mol. The molecule has 2 aliphatic rings. The largest absolute Gasteiger partial charge is 0.461 e. The van der Waals surface area contributed by atoms with Gasteiger partial charge in [0.05, 0.1) is 31.2 Å². The van der Waals surface area contributed by atoms with Crippen LogP contribution < -0.4 is 15.2 Å². The number of morpholine rings is 1. The Labute approximate surface area is 185 Å². The van der Waals surface area contributed by atoms with Crippen LogP contribution in [-0.2, 0) is 19.1 Å². The molecular weight excluding hydrogens is 415 g/mol. The molecule has 2 aromatic carbocycles. The first-order chi connectivity index (χ1) is 15.6. The van der Waals surface area contributed by atoms with E-state index >= 15 is 0 Å². The van der Waals surface area contributed by atoms with E-state index in [2.05, 4.69) is 10.4 Å². The van der Waals surface area contributed by atoms with Gasteiger partial charge in [-0.05, 0) is 37.3 Å². The maximum absolute atomic E-state index is 14.7. The van der Waals surface area contributed by atoms with Crippen LogP contribution in [0.25, 0.3) is 0 Å². The van der Waals surface area contributed by atoms with E-state index in [4.69, 9.17) is 9.47 Å². The molecule has 0 radical (unpaired) electrons. The van der Waals surface area contributed by atoms with Gasteiger partial charge in [0.1, 0.15) is 17.6 Å². The molecule has 32 heavy (non-hydrogen) atoms. The lowest BCUT2D eigenvalue weighted by Crippen LogP contribution is -2.39. The molecule has 0 aliphatic carbocycles. The van der Waals surface area contributed by atoms with Crippen molar-refractivity contribution in [3.63, 3.8) is 0 Å². The Kier molecular flexibility index (Phi) is 6.65. The smallest absolute Gasteiger partial charge is 0.354 e. The van der Waals surface area contributed by atoms with Crippen LogP contribution in [-0.4, -0.2) is 56.5 Å². The van der Waals surface area contributed by atoms with Gasteiger partial charge in [0.15, 0.2) is 0 Å². The normalized spacial score (nSPS) is 18.3. The topological polar surface area (TPSA) is 83.5 Å². The molecule has 0 bridgehead atoms. The summed E-state index contributed by atoms with van der Waals surface area (Å²) in [7, 11) is 0. The van der Waals surface area contributed by atoms with Crippen molar-refractivity contribution in [3.05, 3.63) is 54.3 Å². The second kappa shape index (κ2) is 9.78. The van der Waals surface area contributed by atoms with Crippen LogP contribution in [0.1, 0.15) is 13.3 Å². The SMILES string of the molecule is CCOC(=O)C1=NN(c2ccccc2)C(C(=O)Nc2ccc(N3CCOCC3)c(F)c2)C1. The minimum absolute atomic E-state index is 0.0912. The highest BCUT2D eigenvalue weighted by Crippen LogP contribution is 2.27. The molecule has 1 fully saturated rings. The number of nitrogens with zero attached hydrogens (tertiary/aromatic N) is 3. The highest BCUT2D eigenvalue weighted by molar-refractivity contribution is 6.38. The van der Waals surface area contributed by atoms with Crippen LogP contribution in [0.3, 0.4) is 0 Å². The number of hydrogen-bond acceptors (Lipinski definition) is 7. The molecule has 1 saturated heterocycles. The molecule has 0 aromatic heterocycles. The van der Waals surface area contributed by atoms with E-state index in [1.54, 1.807) is 31.2 Å². The molecule has 2 heterocycles. The second-order valence-electron chi connectivity index (χ2n) is 7.42. The summed E-state index contributed by atoms with van der Waals surface area (Å²) >= 11 is 0. The number of hydrogen-bond donors (Lipinski definition) is 1. The van der Waals surface area contributed by atoms with Gasteiger partial charge in [-0.2, -0.15) is 5.10 Å². The summed E-state index contributed by atoms with van der Waals surface area (Å²) in [5.41, 5.74) is 1.65. The first kappa shape index (κ1) is 21.8. The van der Waals surface area contributed by atoms with Gasteiger partial charge >= 0.3 is 5.97 Å². The quantitative estimate of drug-likeness (QED) is 0.696. The lowest BCUT2D eigenvalue weighted by molar-refractivity contribution is -0.135. The van der Waals surface area contributed by atoms with Crippen molar-refractivity contribution in [2.24, 2.45) is 5.10 Å². The fraction of sp³-hybridized carbons (Fsp3) is 0.348. The zero-order valence-corrected chi connectivity index (χ0v) is 17.8. The average Bonchev–Trinajstić information content (AvgIpc) is 3.26. The number of anilines is 3. The van der Waals surface area contributed by atoms with Crippen LogP contribution in [0, 0.1) is 5.82 Å². The van der Waals surface area contributed by atoms with E-state index in [1.165, 1.54) is 11.1 Å². The van der Waals surface area contributed by atoms with Gasteiger partial charge in [0.2, 0.25) is 5.91 Å².